The Balaban J connectivity index is 2.13. The van der Waals surface area contributed by atoms with Gasteiger partial charge < -0.3 is 4.90 Å². The first-order chi connectivity index (χ1) is 9.20. The molecule has 1 nitrogen and oxygen atoms in total. The molecule has 0 saturated carbocycles. The van der Waals surface area contributed by atoms with Gasteiger partial charge in [0.05, 0.1) is 10.7 Å². The highest BCUT2D eigenvalue weighted by Crippen LogP contribution is 2.48. The zero-order valence-electron chi connectivity index (χ0n) is 11.0. The Labute approximate surface area is 123 Å². The maximum Gasteiger partial charge on any atom is 0.0810 e. The number of hydrogen-bond donors (Lipinski definition) is 0. The molecule has 0 N–H and O–H groups in total. The van der Waals surface area contributed by atoms with Crippen LogP contribution in [-0.4, -0.2) is 11.9 Å². The lowest BCUT2D eigenvalue weighted by Gasteiger charge is -2.15. The van der Waals surface area contributed by atoms with Crippen molar-refractivity contribution in [1.29, 1.82) is 0 Å². The van der Waals surface area contributed by atoms with Crippen molar-refractivity contribution < 1.29 is 0 Å². The van der Waals surface area contributed by atoms with Gasteiger partial charge in [-0.2, -0.15) is 0 Å². The summed E-state index contributed by atoms with van der Waals surface area (Å²) in [6, 6.07) is 12.9. The molecule has 0 radical (unpaired) electrons. The minimum Gasteiger partial charge on any atom is -0.338 e. The third-order valence-electron chi connectivity index (χ3n) is 3.38. The van der Waals surface area contributed by atoms with E-state index in [0.717, 1.165) is 11.3 Å². The topological polar surface area (TPSA) is 3.24 Å². The molecule has 0 amide bonds. The van der Waals surface area contributed by atoms with E-state index in [9.17, 15) is 0 Å². The van der Waals surface area contributed by atoms with E-state index in [2.05, 4.69) is 61.3 Å². The molecule has 0 bridgehead atoms. The van der Waals surface area contributed by atoms with Crippen molar-refractivity contribution in [3.8, 4) is 0 Å². The molecule has 0 aliphatic carbocycles. The second-order valence-corrected chi connectivity index (χ2v) is 6.18. The first-order valence-corrected chi connectivity index (χ1v) is 7.61. The van der Waals surface area contributed by atoms with Crippen LogP contribution in [0.5, 0.6) is 0 Å². The maximum atomic E-state index is 5.34. The predicted octanol–water partition coefficient (Wildman–Crippen LogP) is 5.00. The molecule has 1 aliphatic rings. The molecule has 0 fully saturated rings. The number of allylic oxidation sites excluding steroid dienone is 1. The van der Waals surface area contributed by atoms with E-state index in [0.29, 0.717) is 0 Å². The highest BCUT2D eigenvalue weighted by atomic mass is 32.2. The van der Waals surface area contributed by atoms with Gasteiger partial charge in [-0.15, -0.1) is 0 Å². The van der Waals surface area contributed by atoms with Crippen molar-refractivity contribution in [2.45, 2.75) is 18.2 Å². The Morgan fingerprint density at radius 1 is 1.26 bits per heavy atom. The van der Waals surface area contributed by atoms with Crippen LogP contribution in [0.25, 0.3) is 10.8 Å². The molecule has 2 aromatic carbocycles. The molecule has 1 heterocycles. The summed E-state index contributed by atoms with van der Waals surface area (Å²) in [5, 5.41) is 3.81. The Bertz CT molecular complexity index is 688. The molecule has 0 unspecified atom stereocenters. The summed E-state index contributed by atoms with van der Waals surface area (Å²) in [7, 11) is 2.12. The van der Waals surface area contributed by atoms with Crippen LogP contribution in [0.4, 0.5) is 5.69 Å². The summed E-state index contributed by atoms with van der Waals surface area (Å²) in [6.45, 7) is 2.10. The number of hydrogen-bond acceptors (Lipinski definition) is 3. The summed E-state index contributed by atoms with van der Waals surface area (Å²) < 4.78 is 0. The fourth-order valence-electron chi connectivity index (χ4n) is 2.32. The second kappa shape index (κ2) is 4.99. The van der Waals surface area contributed by atoms with Gasteiger partial charge in [-0.3, -0.25) is 0 Å². The van der Waals surface area contributed by atoms with Crippen molar-refractivity contribution >= 4 is 45.3 Å². The smallest absolute Gasteiger partial charge is 0.0810 e. The van der Waals surface area contributed by atoms with Crippen LogP contribution in [0, 0.1) is 0 Å². The highest BCUT2D eigenvalue weighted by molar-refractivity contribution is 8.03. The first kappa shape index (κ1) is 12.7. The van der Waals surface area contributed by atoms with Crippen molar-refractivity contribution in [2.75, 3.05) is 11.9 Å². The SMILES string of the molecule is CCC(=S)C=C1Sc2ccc3ccccc3c2N1C. The highest BCUT2D eigenvalue weighted by Gasteiger charge is 2.24. The Hall–Kier alpha value is -1.32. The lowest BCUT2D eigenvalue weighted by Crippen LogP contribution is -2.11. The molecule has 0 atom stereocenters. The number of nitrogens with zero attached hydrogens (tertiary/aromatic N) is 1. The van der Waals surface area contributed by atoms with Gasteiger partial charge in [-0.05, 0) is 23.9 Å². The number of anilines is 1. The molecule has 3 rings (SSSR count). The summed E-state index contributed by atoms with van der Waals surface area (Å²) in [6.07, 6.45) is 3.04. The van der Waals surface area contributed by atoms with E-state index >= 15 is 0 Å². The lowest BCUT2D eigenvalue weighted by molar-refractivity contribution is 1.19. The summed E-state index contributed by atoms with van der Waals surface area (Å²) >= 11 is 7.14. The van der Waals surface area contributed by atoms with Crippen LogP contribution < -0.4 is 4.90 Å². The molecule has 19 heavy (non-hydrogen) atoms. The standard InChI is InChI=1S/C16H15NS2/c1-3-12(18)10-15-17(2)16-13-7-5-4-6-11(13)8-9-14(16)19-15/h4-10H,3H2,1-2H3. The average molecular weight is 285 g/mol. The zero-order chi connectivity index (χ0) is 13.4. The molecular weight excluding hydrogens is 270 g/mol. The fraction of sp³-hybridized carbons (Fsp3) is 0.188. The summed E-state index contributed by atoms with van der Waals surface area (Å²) in [4.78, 5) is 4.57. The van der Waals surface area contributed by atoms with Gasteiger partial charge in [0, 0.05) is 22.2 Å². The molecule has 0 aromatic heterocycles. The monoisotopic (exact) mass is 285 g/mol. The van der Waals surface area contributed by atoms with Crippen LogP contribution in [0.15, 0.2) is 52.4 Å². The molecular formula is C16H15NS2. The van der Waals surface area contributed by atoms with Gasteiger partial charge >= 0.3 is 0 Å². The van der Waals surface area contributed by atoms with Crippen LogP contribution in [0.3, 0.4) is 0 Å². The van der Waals surface area contributed by atoms with E-state index in [1.807, 2.05) is 0 Å². The molecule has 2 aromatic rings. The van der Waals surface area contributed by atoms with Crippen LogP contribution >= 0.6 is 24.0 Å². The predicted molar refractivity (Wildman–Crippen MR) is 89.2 cm³/mol. The Morgan fingerprint density at radius 3 is 2.84 bits per heavy atom. The molecule has 1 aliphatic heterocycles. The van der Waals surface area contributed by atoms with Crippen molar-refractivity contribution in [2.24, 2.45) is 0 Å². The minimum absolute atomic E-state index is 0.921. The largest absolute Gasteiger partial charge is 0.338 e. The third kappa shape index (κ3) is 2.17. The number of fused-ring (bicyclic) bond motifs is 3. The number of thiocarbonyl (C=S) groups is 1. The average Bonchev–Trinajstić information content (AvgIpc) is 2.76. The normalized spacial score (nSPS) is 16.1. The van der Waals surface area contributed by atoms with E-state index in [1.165, 1.54) is 26.4 Å². The minimum atomic E-state index is 0.921. The van der Waals surface area contributed by atoms with Crippen molar-refractivity contribution in [1.82, 2.24) is 0 Å². The lowest BCUT2D eigenvalue weighted by atomic mass is 10.1. The van der Waals surface area contributed by atoms with Crippen LogP contribution in [0.2, 0.25) is 0 Å². The second-order valence-electron chi connectivity index (χ2n) is 4.60. The van der Waals surface area contributed by atoms with Crippen molar-refractivity contribution in [3.63, 3.8) is 0 Å². The van der Waals surface area contributed by atoms with Gasteiger partial charge in [0.15, 0.2) is 0 Å². The number of thioether (sulfide) groups is 1. The van der Waals surface area contributed by atoms with E-state index in [-0.39, 0.29) is 0 Å². The van der Waals surface area contributed by atoms with Gasteiger partial charge in [-0.1, -0.05) is 61.2 Å². The quantitative estimate of drug-likeness (QED) is 0.564. The van der Waals surface area contributed by atoms with E-state index < -0.39 is 0 Å². The first-order valence-electron chi connectivity index (χ1n) is 6.38. The van der Waals surface area contributed by atoms with E-state index in [4.69, 9.17) is 12.2 Å². The molecule has 0 saturated heterocycles. The van der Waals surface area contributed by atoms with Gasteiger partial charge in [0.25, 0.3) is 0 Å². The van der Waals surface area contributed by atoms with Gasteiger partial charge in [-0.25, -0.2) is 0 Å². The van der Waals surface area contributed by atoms with Crippen LogP contribution in [-0.2, 0) is 0 Å². The maximum absolute atomic E-state index is 5.34. The number of benzene rings is 2. The molecule has 0 spiro atoms. The third-order valence-corrected chi connectivity index (χ3v) is 4.93. The fourth-order valence-corrected chi connectivity index (χ4v) is 3.64. The van der Waals surface area contributed by atoms with Crippen LogP contribution in [0.1, 0.15) is 13.3 Å². The Morgan fingerprint density at radius 2 is 2.05 bits per heavy atom. The Kier molecular flexibility index (Phi) is 3.33. The molecule has 96 valence electrons. The van der Waals surface area contributed by atoms with Crippen molar-refractivity contribution in [3.05, 3.63) is 47.5 Å². The van der Waals surface area contributed by atoms with Gasteiger partial charge in [0.1, 0.15) is 0 Å². The number of rotatable bonds is 2. The molecule has 3 heteroatoms. The summed E-state index contributed by atoms with van der Waals surface area (Å²) in [5.41, 5.74) is 1.30. The van der Waals surface area contributed by atoms with E-state index in [1.54, 1.807) is 11.8 Å². The summed E-state index contributed by atoms with van der Waals surface area (Å²) in [5.74, 6) is 0. The zero-order valence-corrected chi connectivity index (χ0v) is 12.6. The van der Waals surface area contributed by atoms with Gasteiger partial charge in [0.2, 0.25) is 0 Å².